The zero-order valence-electron chi connectivity index (χ0n) is 11.1. The summed E-state index contributed by atoms with van der Waals surface area (Å²) in [5, 5.41) is 9.11. The molecule has 18 heavy (non-hydrogen) atoms. The molecule has 0 bridgehead atoms. The number of nitrogens with zero attached hydrogens (tertiary/aromatic N) is 2. The first-order valence-electron chi connectivity index (χ1n) is 6.40. The molecule has 1 aromatic heterocycles. The molecule has 0 aromatic carbocycles. The summed E-state index contributed by atoms with van der Waals surface area (Å²) in [5.41, 5.74) is 0.929. The van der Waals surface area contributed by atoms with Gasteiger partial charge in [-0.2, -0.15) is 0 Å². The van der Waals surface area contributed by atoms with Gasteiger partial charge in [0.25, 0.3) is 0 Å². The highest BCUT2D eigenvalue weighted by atomic mass is 16.4. The Labute approximate surface area is 107 Å². The SMILES string of the molecule is Cc1nc(C(C)N2CCCC(C(=O)O)C2)c(C)o1. The molecule has 2 rings (SSSR count). The molecule has 1 saturated heterocycles. The van der Waals surface area contributed by atoms with Crippen molar-refractivity contribution in [3.05, 3.63) is 17.3 Å². The third kappa shape index (κ3) is 2.56. The van der Waals surface area contributed by atoms with Gasteiger partial charge in [0.1, 0.15) is 5.76 Å². The van der Waals surface area contributed by atoms with Gasteiger partial charge in [-0.05, 0) is 33.2 Å². The van der Waals surface area contributed by atoms with Gasteiger partial charge < -0.3 is 9.52 Å². The molecule has 1 N–H and O–H groups in total. The fraction of sp³-hybridized carbons (Fsp3) is 0.692. The van der Waals surface area contributed by atoms with Crippen molar-refractivity contribution in [1.82, 2.24) is 9.88 Å². The van der Waals surface area contributed by atoms with E-state index < -0.39 is 5.97 Å². The Kier molecular flexibility index (Phi) is 3.71. The molecule has 0 saturated carbocycles. The third-order valence-electron chi connectivity index (χ3n) is 3.68. The van der Waals surface area contributed by atoms with Crippen LogP contribution < -0.4 is 0 Å². The van der Waals surface area contributed by atoms with Crippen molar-refractivity contribution in [1.29, 1.82) is 0 Å². The minimum absolute atomic E-state index is 0.115. The second-order valence-electron chi connectivity index (χ2n) is 5.02. The topological polar surface area (TPSA) is 66.6 Å². The summed E-state index contributed by atoms with van der Waals surface area (Å²) < 4.78 is 5.45. The van der Waals surface area contributed by atoms with Gasteiger partial charge in [0, 0.05) is 13.5 Å². The molecule has 1 fully saturated rings. The number of hydrogen-bond donors (Lipinski definition) is 1. The van der Waals surface area contributed by atoms with Crippen molar-refractivity contribution in [2.45, 2.75) is 39.7 Å². The number of carboxylic acid groups (broad SMARTS) is 1. The van der Waals surface area contributed by atoms with Crippen molar-refractivity contribution in [2.75, 3.05) is 13.1 Å². The van der Waals surface area contributed by atoms with E-state index in [9.17, 15) is 4.79 Å². The average molecular weight is 252 g/mol. The Hall–Kier alpha value is -1.36. The van der Waals surface area contributed by atoms with E-state index in [1.165, 1.54) is 0 Å². The molecule has 2 atom stereocenters. The summed E-state index contributed by atoms with van der Waals surface area (Å²) in [6.07, 6.45) is 1.70. The number of hydrogen-bond acceptors (Lipinski definition) is 4. The van der Waals surface area contributed by atoms with E-state index >= 15 is 0 Å². The normalized spacial score (nSPS) is 22.9. The molecular weight excluding hydrogens is 232 g/mol. The lowest BCUT2D eigenvalue weighted by Gasteiger charge is -2.34. The number of oxazole rings is 1. The maximum atomic E-state index is 11.1. The lowest BCUT2D eigenvalue weighted by Crippen LogP contribution is -2.40. The third-order valence-corrected chi connectivity index (χ3v) is 3.68. The molecule has 5 nitrogen and oxygen atoms in total. The lowest BCUT2D eigenvalue weighted by atomic mass is 9.96. The maximum absolute atomic E-state index is 11.1. The van der Waals surface area contributed by atoms with Crippen LogP contribution in [0.3, 0.4) is 0 Å². The highest BCUT2D eigenvalue weighted by Crippen LogP contribution is 2.28. The summed E-state index contributed by atoms with van der Waals surface area (Å²) in [5.74, 6) is 0.549. The second kappa shape index (κ2) is 5.10. The van der Waals surface area contributed by atoms with Crippen molar-refractivity contribution in [3.8, 4) is 0 Å². The smallest absolute Gasteiger partial charge is 0.307 e. The fourth-order valence-electron chi connectivity index (χ4n) is 2.67. The minimum atomic E-state index is -0.694. The van der Waals surface area contributed by atoms with Gasteiger partial charge in [-0.3, -0.25) is 9.69 Å². The van der Waals surface area contributed by atoms with Crippen molar-refractivity contribution in [2.24, 2.45) is 5.92 Å². The zero-order chi connectivity index (χ0) is 13.3. The average Bonchev–Trinajstić information content (AvgIpc) is 2.67. The Balaban J connectivity index is 2.11. The largest absolute Gasteiger partial charge is 0.481 e. The number of aliphatic carboxylic acids is 1. The van der Waals surface area contributed by atoms with Gasteiger partial charge in [-0.15, -0.1) is 0 Å². The van der Waals surface area contributed by atoms with E-state index in [4.69, 9.17) is 9.52 Å². The van der Waals surface area contributed by atoms with Crippen LogP contribution in [-0.4, -0.2) is 34.0 Å². The molecule has 1 aliphatic heterocycles. The van der Waals surface area contributed by atoms with E-state index in [0.717, 1.165) is 30.8 Å². The number of rotatable bonds is 3. The number of aromatic nitrogens is 1. The summed E-state index contributed by atoms with van der Waals surface area (Å²) in [6.45, 7) is 7.33. The van der Waals surface area contributed by atoms with Gasteiger partial charge in [-0.25, -0.2) is 4.98 Å². The molecule has 0 aliphatic carbocycles. The molecule has 2 heterocycles. The highest BCUT2D eigenvalue weighted by molar-refractivity contribution is 5.70. The second-order valence-corrected chi connectivity index (χ2v) is 5.02. The fourth-order valence-corrected chi connectivity index (χ4v) is 2.67. The zero-order valence-corrected chi connectivity index (χ0v) is 11.1. The van der Waals surface area contributed by atoms with Crippen molar-refractivity contribution < 1.29 is 14.3 Å². The standard InChI is InChI=1S/C13H20N2O3/c1-8(12-9(2)18-10(3)14-12)15-6-4-5-11(7-15)13(16)17/h8,11H,4-7H2,1-3H3,(H,16,17). The van der Waals surface area contributed by atoms with Gasteiger partial charge in [0.2, 0.25) is 0 Å². The Morgan fingerprint density at radius 1 is 1.56 bits per heavy atom. The number of likely N-dealkylation sites (tertiary alicyclic amines) is 1. The molecule has 0 amide bonds. The van der Waals surface area contributed by atoms with Crippen LogP contribution >= 0.6 is 0 Å². The predicted octanol–water partition coefficient (Wildman–Crippen LogP) is 2.15. The Morgan fingerprint density at radius 2 is 2.28 bits per heavy atom. The summed E-state index contributed by atoms with van der Waals surface area (Å²) >= 11 is 0. The minimum Gasteiger partial charge on any atom is -0.481 e. The van der Waals surface area contributed by atoms with Gasteiger partial charge in [0.15, 0.2) is 5.89 Å². The first-order chi connectivity index (χ1) is 8.49. The van der Waals surface area contributed by atoms with Crippen molar-refractivity contribution >= 4 is 5.97 Å². The Bertz CT molecular complexity index is 441. The van der Waals surface area contributed by atoms with Gasteiger partial charge in [0.05, 0.1) is 17.7 Å². The van der Waals surface area contributed by atoms with Crippen LogP contribution in [0, 0.1) is 19.8 Å². The van der Waals surface area contributed by atoms with Crippen LogP contribution in [0.2, 0.25) is 0 Å². The molecule has 0 radical (unpaired) electrons. The molecule has 0 spiro atoms. The van der Waals surface area contributed by atoms with Crippen LogP contribution in [0.5, 0.6) is 0 Å². The van der Waals surface area contributed by atoms with Crippen LogP contribution in [0.25, 0.3) is 0 Å². The van der Waals surface area contributed by atoms with Gasteiger partial charge >= 0.3 is 5.97 Å². The first-order valence-corrected chi connectivity index (χ1v) is 6.40. The molecule has 2 unspecified atom stereocenters. The van der Waals surface area contributed by atoms with E-state index in [-0.39, 0.29) is 12.0 Å². The molecule has 100 valence electrons. The summed E-state index contributed by atoms with van der Waals surface area (Å²) in [7, 11) is 0. The molecular formula is C13H20N2O3. The quantitative estimate of drug-likeness (QED) is 0.892. The van der Waals surface area contributed by atoms with Crippen LogP contribution in [0.1, 0.15) is 43.2 Å². The monoisotopic (exact) mass is 252 g/mol. The number of piperidine rings is 1. The van der Waals surface area contributed by atoms with E-state index in [1.54, 1.807) is 0 Å². The Morgan fingerprint density at radius 3 is 2.83 bits per heavy atom. The molecule has 1 aliphatic rings. The number of aryl methyl sites for hydroxylation is 2. The predicted molar refractivity (Wildman–Crippen MR) is 66.3 cm³/mol. The van der Waals surface area contributed by atoms with E-state index in [2.05, 4.69) is 16.8 Å². The maximum Gasteiger partial charge on any atom is 0.307 e. The molecule has 1 aromatic rings. The van der Waals surface area contributed by atoms with Crippen LogP contribution in [-0.2, 0) is 4.79 Å². The summed E-state index contributed by atoms with van der Waals surface area (Å²) in [4.78, 5) is 17.7. The number of carbonyl (C=O) groups is 1. The van der Waals surface area contributed by atoms with Crippen LogP contribution in [0.4, 0.5) is 0 Å². The van der Waals surface area contributed by atoms with Crippen LogP contribution in [0.15, 0.2) is 4.42 Å². The lowest BCUT2D eigenvalue weighted by molar-refractivity contribution is -0.143. The number of carboxylic acids is 1. The van der Waals surface area contributed by atoms with E-state index in [1.807, 2.05) is 13.8 Å². The van der Waals surface area contributed by atoms with Gasteiger partial charge in [-0.1, -0.05) is 0 Å². The molecule has 5 heteroatoms. The van der Waals surface area contributed by atoms with E-state index in [0.29, 0.717) is 12.4 Å². The first kappa shape index (κ1) is 13.1. The summed E-state index contributed by atoms with van der Waals surface area (Å²) in [6, 6.07) is 0.115. The van der Waals surface area contributed by atoms with Crippen molar-refractivity contribution in [3.63, 3.8) is 0 Å². The highest BCUT2D eigenvalue weighted by Gasteiger charge is 2.30.